The zero-order valence-electron chi connectivity index (χ0n) is 8.67. The molecule has 0 bridgehead atoms. The lowest BCUT2D eigenvalue weighted by molar-refractivity contribution is 0.222. The highest BCUT2D eigenvalue weighted by Gasteiger charge is 2.17. The Morgan fingerprint density at radius 3 is 2.50 bits per heavy atom. The smallest absolute Gasteiger partial charge is 0.321 e. The van der Waals surface area contributed by atoms with Gasteiger partial charge in [-0.15, -0.1) is 0 Å². The summed E-state index contributed by atoms with van der Waals surface area (Å²) < 4.78 is 0. The fourth-order valence-corrected chi connectivity index (χ4v) is 1.99. The third-order valence-corrected chi connectivity index (χ3v) is 3.30. The summed E-state index contributed by atoms with van der Waals surface area (Å²) in [4.78, 5) is 13.5. The second kappa shape index (κ2) is 4.93. The number of hydrogen-bond donors (Lipinski definition) is 1. The van der Waals surface area contributed by atoms with E-state index in [9.17, 15) is 4.79 Å². The van der Waals surface area contributed by atoms with Gasteiger partial charge in [0.1, 0.15) is 0 Å². The van der Waals surface area contributed by atoms with Crippen LogP contribution in [0.2, 0.25) is 10.0 Å². The zero-order valence-corrected chi connectivity index (χ0v) is 10.2. The van der Waals surface area contributed by atoms with Crippen LogP contribution in [0.3, 0.4) is 0 Å². The number of halogens is 2. The number of nitrogens with zero attached hydrogens (tertiary/aromatic N) is 1. The van der Waals surface area contributed by atoms with Crippen LogP contribution in [0.15, 0.2) is 18.2 Å². The summed E-state index contributed by atoms with van der Waals surface area (Å²) in [6, 6.07) is 4.99. The maximum absolute atomic E-state index is 11.7. The Bertz CT molecular complexity index is 403. The summed E-state index contributed by atoms with van der Waals surface area (Å²) in [6.07, 6.45) is 2.16. The van der Waals surface area contributed by atoms with Gasteiger partial charge in [-0.05, 0) is 31.0 Å². The predicted molar refractivity (Wildman–Crippen MR) is 66.3 cm³/mol. The molecule has 1 saturated heterocycles. The van der Waals surface area contributed by atoms with E-state index in [1.165, 1.54) is 0 Å². The van der Waals surface area contributed by atoms with Gasteiger partial charge in [-0.3, -0.25) is 0 Å². The average molecular weight is 259 g/mol. The summed E-state index contributed by atoms with van der Waals surface area (Å²) in [6.45, 7) is 1.65. The minimum Gasteiger partial charge on any atom is -0.325 e. The van der Waals surface area contributed by atoms with Crippen molar-refractivity contribution in [2.24, 2.45) is 0 Å². The maximum Gasteiger partial charge on any atom is 0.321 e. The number of urea groups is 1. The molecule has 1 fully saturated rings. The highest BCUT2D eigenvalue weighted by Crippen LogP contribution is 2.25. The van der Waals surface area contributed by atoms with Gasteiger partial charge < -0.3 is 10.2 Å². The standard InChI is InChI=1S/C11H12Cl2N2O/c12-9-4-3-8(7-10(9)13)14-11(16)15-5-1-2-6-15/h3-4,7H,1-2,5-6H2,(H,14,16). The molecule has 1 heterocycles. The lowest BCUT2D eigenvalue weighted by Gasteiger charge is -2.16. The molecule has 5 heteroatoms. The van der Waals surface area contributed by atoms with Gasteiger partial charge >= 0.3 is 6.03 Å². The summed E-state index contributed by atoms with van der Waals surface area (Å²) >= 11 is 11.6. The normalized spacial score (nSPS) is 15.2. The molecule has 1 aliphatic heterocycles. The second-order valence-electron chi connectivity index (χ2n) is 3.75. The zero-order chi connectivity index (χ0) is 11.5. The van der Waals surface area contributed by atoms with Crippen molar-refractivity contribution in [3.05, 3.63) is 28.2 Å². The first-order valence-electron chi connectivity index (χ1n) is 5.18. The quantitative estimate of drug-likeness (QED) is 0.820. The van der Waals surface area contributed by atoms with Gasteiger partial charge in [-0.25, -0.2) is 4.79 Å². The Kier molecular flexibility index (Phi) is 3.56. The average Bonchev–Trinajstić information content (AvgIpc) is 2.77. The molecule has 0 atom stereocenters. The molecule has 0 aromatic heterocycles. The Labute approximate surface area is 104 Å². The lowest BCUT2D eigenvalue weighted by atomic mass is 10.3. The minimum atomic E-state index is -0.0733. The van der Waals surface area contributed by atoms with E-state index in [0.717, 1.165) is 25.9 Å². The molecule has 1 aliphatic rings. The summed E-state index contributed by atoms with van der Waals surface area (Å²) in [5.41, 5.74) is 0.673. The molecule has 1 N–H and O–H groups in total. The van der Waals surface area contributed by atoms with Crippen LogP contribution in [-0.2, 0) is 0 Å². The van der Waals surface area contributed by atoms with E-state index in [1.807, 2.05) is 0 Å². The third kappa shape index (κ3) is 2.60. The highest BCUT2D eigenvalue weighted by atomic mass is 35.5. The molecule has 1 aromatic carbocycles. The molecule has 0 spiro atoms. The predicted octanol–water partition coefficient (Wildman–Crippen LogP) is 3.62. The van der Waals surface area contributed by atoms with Crippen LogP contribution in [0.4, 0.5) is 10.5 Å². The van der Waals surface area contributed by atoms with Gasteiger partial charge in [0.25, 0.3) is 0 Å². The Balaban J connectivity index is 2.02. The van der Waals surface area contributed by atoms with Gasteiger partial charge in [0, 0.05) is 18.8 Å². The number of rotatable bonds is 1. The Hall–Kier alpha value is -0.930. The summed E-state index contributed by atoms with van der Waals surface area (Å²) in [7, 11) is 0. The molecule has 1 aromatic rings. The number of anilines is 1. The van der Waals surface area contributed by atoms with Gasteiger partial charge in [-0.2, -0.15) is 0 Å². The molecule has 0 saturated carbocycles. The van der Waals surface area contributed by atoms with Crippen LogP contribution >= 0.6 is 23.2 Å². The van der Waals surface area contributed by atoms with Crippen LogP contribution < -0.4 is 5.32 Å². The second-order valence-corrected chi connectivity index (χ2v) is 4.57. The molecule has 2 amide bonds. The van der Waals surface area contributed by atoms with Crippen molar-refractivity contribution >= 4 is 34.9 Å². The summed E-state index contributed by atoms with van der Waals surface area (Å²) in [5.74, 6) is 0. The largest absolute Gasteiger partial charge is 0.325 e. The molecule has 16 heavy (non-hydrogen) atoms. The molecule has 2 rings (SSSR count). The number of amides is 2. The lowest BCUT2D eigenvalue weighted by Crippen LogP contribution is -2.32. The highest BCUT2D eigenvalue weighted by molar-refractivity contribution is 6.42. The van der Waals surface area contributed by atoms with Crippen molar-refractivity contribution in [3.63, 3.8) is 0 Å². The molecule has 0 radical (unpaired) electrons. The van der Waals surface area contributed by atoms with Crippen molar-refractivity contribution in [1.29, 1.82) is 0 Å². The van der Waals surface area contributed by atoms with E-state index in [4.69, 9.17) is 23.2 Å². The van der Waals surface area contributed by atoms with Crippen molar-refractivity contribution in [3.8, 4) is 0 Å². The number of nitrogens with one attached hydrogen (secondary N) is 1. The van der Waals surface area contributed by atoms with E-state index < -0.39 is 0 Å². The first-order valence-corrected chi connectivity index (χ1v) is 5.93. The van der Waals surface area contributed by atoms with E-state index >= 15 is 0 Å². The van der Waals surface area contributed by atoms with Crippen molar-refractivity contribution < 1.29 is 4.79 Å². The fraction of sp³-hybridized carbons (Fsp3) is 0.364. The Morgan fingerprint density at radius 1 is 1.19 bits per heavy atom. The van der Waals surface area contributed by atoms with Crippen LogP contribution in [-0.4, -0.2) is 24.0 Å². The first kappa shape index (κ1) is 11.6. The topological polar surface area (TPSA) is 32.3 Å². The Morgan fingerprint density at radius 2 is 1.88 bits per heavy atom. The third-order valence-electron chi connectivity index (χ3n) is 2.56. The first-order chi connectivity index (χ1) is 7.66. The molecular formula is C11H12Cl2N2O. The number of carbonyl (C=O) groups excluding carboxylic acids is 1. The summed E-state index contributed by atoms with van der Waals surface area (Å²) in [5, 5.41) is 3.73. The van der Waals surface area contributed by atoms with Gasteiger partial charge in [-0.1, -0.05) is 23.2 Å². The number of benzene rings is 1. The molecule has 0 aliphatic carbocycles. The van der Waals surface area contributed by atoms with Crippen molar-refractivity contribution in [2.75, 3.05) is 18.4 Å². The van der Waals surface area contributed by atoms with Crippen LogP contribution in [0, 0.1) is 0 Å². The molecule has 0 unspecified atom stereocenters. The fourth-order valence-electron chi connectivity index (χ4n) is 1.70. The van der Waals surface area contributed by atoms with Crippen molar-refractivity contribution in [2.45, 2.75) is 12.8 Å². The maximum atomic E-state index is 11.7. The van der Waals surface area contributed by atoms with Gasteiger partial charge in [0.05, 0.1) is 10.0 Å². The number of carbonyl (C=O) groups is 1. The van der Waals surface area contributed by atoms with Crippen LogP contribution in [0.25, 0.3) is 0 Å². The number of likely N-dealkylation sites (tertiary alicyclic amines) is 1. The van der Waals surface area contributed by atoms with E-state index in [1.54, 1.807) is 23.1 Å². The van der Waals surface area contributed by atoms with Gasteiger partial charge in [0.2, 0.25) is 0 Å². The monoisotopic (exact) mass is 258 g/mol. The number of hydrogen-bond acceptors (Lipinski definition) is 1. The molecule has 3 nitrogen and oxygen atoms in total. The van der Waals surface area contributed by atoms with E-state index in [0.29, 0.717) is 15.7 Å². The van der Waals surface area contributed by atoms with Crippen molar-refractivity contribution in [1.82, 2.24) is 4.90 Å². The van der Waals surface area contributed by atoms with Crippen LogP contribution in [0.5, 0.6) is 0 Å². The van der Waals surface area contributed by atoms with Crippen LogP contribution in [0.1, 0.15) is 12.8 Å². The van der Waals surface area contributed by atoms with Gasteiger partial charge in [0.15, 0.2) is 0 Å². The molecule has 86 valence electrons. The SMILES string of the molecule is O=C(Nc1ccc(Cl)c(Cl)c1)N1CCCC1. The van der Waals surface area contributed by atoms with E-state index in [2.05, 4.69) is 5.32 Å². The minimum absolute atomic E-state index is 0.0733. The molecular weight excluding hydrogens is 247 g/mol. The van der Waals surface area contributed by atoms with E-state index in [-0.39, 0.29) is 6.03 Å².